The molecule has 1 aromatic carbocycles. The summed E-state index contributed by atoms with van der Waals surface area (Å²) in [5.41, 5.74) is 0.340. The number of nitriles is 2. The highest BCUT2D eigenvalue weighted by Crippen LogP contribution is 2.26. The number of nitrogens with zero attached hydrogens (tertiary/aromatic N) is 2. The molecule has 0 aliphatic heterocycles. The fraction of sp³-hybridized carbons (Fsp3) is 0.0625. The molecule has 1 heterocycles. The fourth-order valence-electron chi connectivity index (χ4n) is 1.86. The normalized spacial score (nSPS) is 10.9. The predicted octanol–water partition coefficient (Wildman–Crippen LogP) is 2.62. The number of aliphatic hydroxyl groups is 1. The third-order valence-electron chi connectivity index (χ3n) is 3.02. The number of hydrogen-bond donors (Lipinski definition) is 3. The zero-order valence-corrected chi connectivity index (χ0v) is 12.1. The molecule has 0 fully saturated rings. The lowest BCUT2D eigenvalue weighted by Crippen LogP contribution is -2.15. The summed E-state index contributed by atoms with van der Waals surface area (Å²) in [7, 11) is 1.60. The number of anilines is 2. The molecule has 3 N–H and O–H groups in total. The average Bonchev–Trinajstić information content (AvgIpc) is 2.97. The Labute approximate surface area is 132 Å². The van der Waals surface area contributed by atoms with Crippen LogP contribution in [0.1, 0.15) is 11.1 Å². The molecule has 114 valence electrons. The SMILES string of the molecule is CNc1coc(NC(=O)C(C#N)=C(O)c2ccccc2)c1C#N. The first-order valence-corrected chi connectivity index (χ1v) is 6.51. The Morgan fingerprint density at radius 1 is 1.26 bits per heavy atom. The minimum atomic E-state index is -0.873. The largest absolute Gasteiger partial charge is 0.506 e. The Hall–Kier alpha value is -3.71. The smallest absolute Gasteiger partial charge is 0.272 e. The molecule has 23 heavy (non-hydrogen) atoms. The van der Waals surface area contributed by atoms with Crippen LogP contribution in [0.2, 0.25) is 0 Å². The van der Waals surface area contributed by atoms with Crippen molar-refractivity contribution >= 4 is 23.2 Å². The molecule has 0 spiro atoms. The van der Waals surface area contributed by atoms with Crippen LogP contribution in [0.4, 0.5) is 11.6 Å². The van der Waals surface area contributed by atoms with Gasteiger partial charge in [-0.1, -0.05) is 30.3 Å². The van der Waals surface area contributed by atoms with Gasteiger partial charge in [-0.25, -0.2) is 0 Å². The zero-order chi connectivity index (χ0) is 16.8. The maximum absolute atomic E-state index is 12.2. The molecule has 0 atom stereocenters. The number of nitrogens with one attached hydrogen (secondary N) is 2. The van der Waals surface area contributed by atoms with Gasteiger partial charge >= 0.3 is 0 Å². The van der Waals surface area contributed by atoms with Gasteiger partial charge in [-0.05, 0) is 0 Å². The van der Waals surface area contributed by atoms with E-state index in [0.717, 1.165) is 0 Å². The number of amides is 1. The summed E-state index contributed by atoms with van der Waals surface area (Å²) in [6.45, 7) is 0. The lowest BCUT2D eigenvalue weighted by Gasteiger charge is -2.05. The van der Waals surface area contributed by atoms with Crippen molar-refractivity contribution in [2.45, 2.75) is 0 Å². The minimum absolute atomic E-state index is 0.0948. The van der Waals surface area contributed by atoms with E-state index < -0.39 is 17.2 Å². The van der Waals surface area contributed by atoms with Gasteiger partial charge in [-0.2, -0.15) is 10.5 Å². The summed E-state index contributed by atoms with van der Waals surface area (Å²) >= 11 is 0. The lowest BCUT2D eigenvalue weighted by molar-refractivity contribution is -0.112. The highest BCUT2D eigenvalue weighted by atomic mass is 16.3. The molecule has 7 heteroatoms. The molecular weight excluding hydrogens is 296 g/mol. The van der Waals surface area contributed by atoms with Crippen LogP contribution in [-0.4, -0.2) is 18.1 Å². The summed E-state index contributed by atoms with van der Waals surface area (Å²) in [6, 6.07) is 11.7. The van der Waals surface area contributed by atoms with Gasteiger partial charge in [0, 0.05) is 12.6 Å². The molecule has 1 aromatic heterocycles. The molecule has 2 aromatic rings. The van der Waals surface area contributed by atoms with Crippen molar-refractivity contribution in [3.8, 4) is 12.1 Å². The van der Waals surface area contributed by atoms with E-state index >= 15 is 0 Å². The van der Waals surface area contributed by atoms with Crippen LogP contribution in [0, 0.1) is 22.7 Å². The average molecular weight is 308 g/mol. The topological polar surface area (TPSA) is 122 Å². The Bertz CT molecular complexity index is 838. The predicted molar refractivity (Wildman–Crippen MR) is 83.2 cm³/mol. The summed E-state index contributed by atoms with van der Waals surface area (Å²) < 4.78 is 5.10. The van der Waals surface area contributed by atoms with E-state index in [0.29, 0.717) is 11.3 Å². The van der Waals surface area contributed by atoms with E-state index in [1.54, 1.807) is 43.4 Å². The molecular formula is C16H12N4O3. The second kappa shape index (κ2) is 6.83. The summed E-state index contributed by atoms with van der Waals surface area (Å²) in [5.74, 6) is -1.43. The van der Waals surface area contributed by atoms with E-state index in [-0.39, 0.29) is 11.4 Å². The van der Waals surface area contributed by atoms with Crippen molar-refractivity contribution in [1.82, 2.24) is 0 Å². The van der Waals surface area contributed by atoms with Crippen LogP contribution in [0.25, 0.3) is 5.76 Å². The third-order valence-corrected chi connectivity index (χ3v) is 3.02. The van der Waals surface area contributed by atoms with Gasteiger partial charge in [0.15, 0.2) is 5.57 Å². The molecule has 0 saturated carbocycles. The van der Waals surface area contributed by atoms with Gasteiger partial charge in [0.2, 0.25) is 5.88 Å². The summed E-state index contributed by atoms with van der Waals surface area (Å²) in [4.78, 5) is 12.2. The monoisotopic (exact) mass is 308 g/mol. The highest BCUT2D eigenvalue weighted by Gasteiger charge is 2.21. The number of hydrogen-bond acceptors (Lipinski definition) is 6. The Morgan fingerprint density at radius 2 is 1.96 bits per heavy atom. The van der Waals surface area contributed by atoms with Crippen LogP contribution in [0.5, 0.6) is 0 Å². The number of benzene rings is 1. The number of furan rings is 1. The maximum Gasteiger partial charge on any atom is 0.272 e. The summed E-state index contributed by atoms with van der Waals surface area (Å²) in [5, 5.41) is 33.4. The molecule has 0 radical (unpaired) electrons. The van der Waals surface area contributed by atoms with Gasteiger partial charge in [-0.15, -0.1) is 0 Å². The number of aliphatic hydroxyl groups excluding tert-OH is 1. The first-order chi connectivity index (χ1) is 11.1. The van der Waals surface area contributed by atoms with Gasteiger partial charge in [0.25, 0.3) is 5.91 Å². The van der Waals surface area contributed by atoms with Crippen molar-refractivity contribution in [3.05, 3.63) is 53.3 Å². The molecule has 7 nitrogen and oxygen atoms in total. The third kappa shape index (κ3) is 3.14. The first-order valence-electron chi connectivity index (χ1n) is 6.51. The van der Waals surface area contributed by atoms with Crippen molar-refractivity contribution in [2.75, 3.05) is 17.7 Å². The highest BCUT2D eigenvalue weighted by molar-refractivity contribution is 6.11. The molecule has 0 saturated heterocycles. The standard InChI is InChI=1S/C16H12N4O3/c1-19-13-9-23-16(11(13)7-17)20-15(22)12(8-18)14(21)10-5-3-2-4-6-10/h2-6,9,19,21H,1H3,(H,20,22). The molecule has 2 rings (SSSR count). The van der Waals surface area contributed by atoms with E-state index in [1.165, 1.54) is 6.26 Å². The number of rotatable bonds is 4. The second-order valence-corrected chi connectivity index (χ2v) is 4.37. The fourth-order valence-corrected chi connectivity index (χ4v) is 1.86. The molecule has 0 bridgehead atoms. The Morgan fingerprint density at radius 3 is 2.52 bits per heavy atom. The Kier molecular flexibility index (Phi) is 4.66. The molecule has 0 aliphatic rings. The van der Waals surface area contributed by atoms with Gasteiger partial charge in [0.05, 0.1) is 5.69 Å². The van der Waals surface area contributed by atoms with Gasteiger partial charge in [0.1, 0.15) is 29.7 Å². The van der Waals surface area contributed by atoms with E-state index in [1.807, 2.05) is 6.07 Å². The van der Waals surface area contributed by atoms with Gasteiger partial charge < -0.3 is 14.8 Å². The first kappa shape index (κ1) is 15.7. The van der Waals surface area contributed by atoms with Crippen LogP contribution >= 0.6 is 0 Å². The van der Waals surface area contributed by atoms with E-state index in [2.05, 4.69) is 10.6 Å². The number of carbonyl (C=O) groups is 1. The second-order valence-electron chi connectivity index (χ2n) is 4.37. The van der Waals surface area contributed by atoms with Crippen LogP contribution < -0.4 is 10.6 Å². The number of carbonyl (C=O) groups excluding carboxylic acids is 1. The molecule has 0 aliphatic carbocycles. The van der Waals surface area contributed by atoms with Crippen molar-refractivity contribution in [1.29, 1.82) is 10.5 Å². The van der Waals surface area contributed by atoms with Crippen molar-refractivity contribution in [2.24, 2.45) is 0 Å². The van der Waals surface area contributed by atoms with Crippen molar-refractivity contribution in [3.63, 3.8) is 0 Å². The zero-order valence-electron chi connectivity index (χ0n) is 12.1. The van der Waals surface area contributed by atoms with E-state index in [9.17, 15) is 9.90 Å². The van der Waals surface area contributed by atoms with Crippen LogP contribution in [-0.2, 0) is 4.79 Å². The minimum Gasteiger partial charge on any atom is -0.506 e. The Balaban J connectivity index is 2.34. The van der Waals surface area contributed by atoms with Crippen molar-refractivity contribution < 1.29 is 14.3 Å². The van der Waals surface area contributed by atoms with Crippen LogP contribution in [0.3, 0.4) is 0 Å². The summed E-state index contributed by atoms with van der Waals surface area (Å²) in [6.07, 6.45) is 1.26. The lowest BCUT2D eigenvalue weighted by atomic mass is 10.1. The van der Waals surface area contributed by atoms with E-state index in [4.69, 9.17) is 14.9 Å². The maximum atomic E-state index is 12.2. The van der Waals surface area contributed by atoms with Gasteiger partial charge in [-0.3, -0.25) is 10.1 Å². The molecule has 1 amide bonds. The molecule has 0 unspecified atom stereocenters. The van der Waals surface area contributed by atoms with Crippen LogP contribution in [0.15, 0.2) is 46.6 Å². The quantitative estimate of drug-likeness (QED) is 0.453.